The van der Waals surface area contributed by atoms with Gasteiger partial charge in [-0.25, -0.2) is 0 Å². The second-order valence-electron chi connectivity index (χ2n) is 3.69. The first-order valence-electron chi connectivity index (χ1n) is 5.05. The minimum atomic E-state index is 0.850. The molecular weight excluding hydrogens is 204 g/mol. The summed E-state index contributed by atoms with van der Waals surface area (Å²) in [7, 11) is 0. The molecule has 0 N–H and O–H groups in total. The van der Waals surface area contributed by atoms with E-state index in [1.165, 1.54) is 16.7 Å². The highest BCUT2D eigenvalue weighted by molar-refractivity contribution is 6.31. The topological polar surface area (TPSA) is 0 Å². The van der Waals surface area contributed by atoms with E-state index < -0.39 is 0 Å². The van der Waals surface area contributed by atoms with Crippen LogP contribution in [0.2, 0.25) is 5.02 Å². The van der Waals surface area contributed by atoms with Gasteiger partial charge in [0, 0.05) is 5.02 Å². The summed E-state index contributed by atoms with van der Waals surface area (Å²) in [5, 5.41) is 0.850. The normalized spacial score (nSPS) is 10.3. The Morgan fingerprint density at radius 2 is 1.67 bits per heavy atom. The summed E-state index contributed by atoms with van der Waals surface area (Å²) in [6, 6.07) is 16.5. The smallest absolute Gasteiger partial charge is 0.0438 e. The molecule has 0 aliphatic carbocycles. The first-order chi connectivity index (χ1) is 7.27. The molecule has 2 rings (SSSR count). The number of hydrogen-bond donors (Lipinski definition) is 0. The van der Waals surface area contributed by atoms with E-state index in [1.807, 2.05) is 18.2 Å². The molecule has 0 unspecified atom stereocenters. The summed E-state index contributed by atoms with van der Waals surface area (Å²) < 4.78 is 0. The van der Waals surface area contributed by atoms with E-state index in [0.717, 1.165) is 11.4 Å². The van der Waals surface area contributed by atoms with Crippen molar-refractivity contribution in [3.63, 3.8) is 0 Å². The average molecular weight is 217 g/mol. The van der Waals surface area contributed by atoms with Crippen LogP contribution in [0.25, 0.3) is 0 Å². The highest BCUT2D eigenvalue weighted by atomic mass is 35.5. The van der Waals surface area contributed by atoms with Crippen molar-refractivity contribution < 1.29 is 0 Å². The second-order valence-corrected chi connectivity index (χ2v) is 4.09. The van der Waals surface area contributed by atoms with Gasteiger partial charge in [-0.3, -0.25) is 0 Å². The number of benzene rings is 2. The van der Waals surface area contributed by atoms with E-state index in [-0.39, 0.29) is 0 Å². The standard InChI is InChI=1S/C14H13Cl/c1-11-13(8-5-9-14(11)15)10-12-6-3-2-4-7-12/h2-9H,10H2,1H3. The van der Waals surface area contributed by atoms with E-state index in [2.05, 4.69) is 37.3 Å². The van der Waals surface area contributed by atoms with Gasteiger partial charge >= 0.3 is 0 Å². The van der Waals surface area contributed by atoms with Crippen molar-refractivity contribution in [2.45, 2.75) is 13.3 Å². The predicted molar refractivity (Wildman–Crippen MR) is 65.4 cm³/mol. The molecule has 0 heterocycles. The molecule has 76 valence electrons. The molecule has 0 atom stereocenters. The summed E-state index contributed by atoms with van der Waals surface area (Å²) in [5.41, 5.74) is 3.81. The maximum Gasteiger partial charge on any atom is 0.0438 e. The van der Waals surface area contributed by atoms with Gasteiger partial charge in [0.15, 0.2) is 0 Å². The van der Waals surface area contributed by atoms with Crippen LogP contribution in [-0.4, -0.2) is 0 Å². The van der Waals surface area contributed by atoms with E-state index in [4.69, 9.17) is 11.6 Å². The molecule has 0 saturated heterocycles. The largest absolute Gasteiger partial charge is 0.0840 e. The molecular formula is C14H13Cl. The van der Waals surface area contributed by atoms with E-state index >= 15 is 0 Å². The summed E-state index contributed by atoms with van der Waals surface area (Å²) in [5.74, 6) is 0. The van der Waals surface area contributed by atoms with Crippen molar-refractivity contribution in [3.05, 3.63) is 70.2 Å². The Morgan fingerprint density at radius 1 is 0.933 bits per heavy atom. The Morgan fingerprint density at radius 3 is 2.40 bits per heavy atom. The van der Waals surface area contributed by atoms with Crippen LogP contribution in [0.15, 0.2) is 48.5 Å². The molecule has 0 aromatic heterocycles. The maximum absolute atomic E-state index is 6.08. The molecule has 2 aromatic carbocycles. The fraction of sp³-hybridized carbons (Fsp3) is 0.143. The summed E-state index contributed by atoms with van der Waals surface area (Å²) >= 11 is 6.08. The molecule has 15 heavy (non-hydrogen) atoms. The SMILES string of the molecule is Cc1c(Cl)cccc1Cc1ccccc1. The van der Waals surface area contributed by atoms with Crippen molar-refractivity contribution in [1.29, 1.82) is 0 Å². The molecule has 2 aromatic rings. The van der Waals surface area contributed by atoms with Crippen molar-refractivity contribution in [2.24, 2.45) is 0 Å². The average Bonchev–Trinajstić information content (AvgIpc) is 2.26. The molecule has 0 spiro atoms. The van der Waals surface area contributed by atoms with Crippen LogP contribution >= 0.6 is 11.6 Å². The highest BCUT2D eigenvalue weighted by Crippen LogP contribution is 2.21. The van der Waals surface area contributed by atoms with Gasteiger partial charge in [0.2, 0.25) is 0 Å². The van der Waals surface area contributed by atoms with Gasteiger partial charge in [0.05, 0.1) is 0 Å². The first-order valence-corrected chi connectivity index (χ1v) is 5.43. The zero-order valence-electron chi connectivity index (χ0n) is 8.70. The monoisotopic (exact) mass is 216 g/mol. The Kier molecular flexibility index (Phi) is 3.08. The van der Waals surface area contributed by atoms with Crippen LogP contribution in [0, 0.1) is 6.92 Å². The van der Waals surface area contributed by atoms with Gasteiger partial charge in [-0.1, -0.05) is 54.1 Å². The molecule has 0 nitrogen and oxygen atoms in total. The second kappa shape index (κ2) is 4.50. The zero-order chi connectivity index (χ0) is 10.7. The predicted octanol–water partition coefficient (Wildman–Crippen LogP) is 4.24. The van der Waals surface area contributed by atoms with Crippen LogP contribution in [0.3, 0.4) is 0 Å². The number of rotatable bonds is 2. The summed E-state index contributed by atoms with van der Waals surface area (Å²) in [6.07, 6.45) is 0.952. The highest BCUT2D eigenvalue weighted by Gasteiger charge is 2.02. The zero-order valence-corrected chi connectivity index (χ0v) is 9.46. The lowest BCUT2D eigenvalue weighted by atomic mass is 10.0. The lowest BCUT2D eigenvalue weighted by Crippen LogP contribution is -1.91. The molecule has 0 saturated carbocycles. The Bertz CT molecular complexity index is 446. The molecule has 0 bridgehead atoms. The molecule has 1 heteroatoms. The number of halogens is 1. The lowest BCUT2D eigenvalue weighted by Gasteiger charge is -2.07. The molecule has 0 amide bonds. The third kappa shape index (κ3) is 2.40. The quantitative estimate of drug-likeness (QED) is 0.705. The van der Waals surface area contributed by atoms with Crippen LogP contribution in [-0.2, 0) is 6.42 Å². The molecule has 0 aliphatic heterocycles. The van der Waals surface area contributed by atoms with Gasteiger partial charge in [-0.05, 0) is 36.1 Å². The fourth-order valence-corrected chi connectivity index (χ4v) is 1.85. The van der Waals surface area contributed by atoms with Gasteiger partial charge in [-0.2, -0.15) is 0 Å². The molecule has 0 fully saturated rings. The minimum absolute atomic E-state index is 0.850. The lowest BCUT2D eigenvalue weighted by molar-refractivity contribution is 1.16. The third-order valence-corrected chi connectivity index (χ3v) is 3.03. The summed E-state index contributed by atoms with van der Waals surface area (Å²) in [6.45, 7) is 2.07. The van der Waals surface area contributed by atoms with Gasteiger partial charge < -0.3 is 0 Å². The van der Waals surface area contributed by atoms with Crippen LogP contribution in [0.1, 0.15) is 16.7 Å². The molecule has 0 aliphatic rings. The van der Waals surface area contributed by atoms with Gasteiger partial charge in [0.1, 0.15) is 0 Å². The number of hydrogen-bond acceptors (Lipinski definition) is 0. The minimum Gasteiger partial charge on any atom is -0.0840 e. The summed E-state index contributed by atoms with van der Waals surface area (Å²) in [4.78, 5) is 0. The Balaban J connectivity index is 2.29. The van der Waals surface area contributed by atoms with Crippen molar-refractivity contribution in [2.75, 3.05) is 0 Å². The Labute approximate surface area is 95.5 Å². The van der Waals surface area contributed by atoms with E-state index in [1.54, 1.807) is 0 Å². The maximum atomic E-state index is 6.08. The third-order valence-electron chi connectivity index (χ3n) is 2.62. The van der Waals surface area contributed by atoms with Gasteiger partial charge in [0.25, 0.3) is 0 Å². The van der Waals surface area contributed by atoms with Crippen LogP contribution in [0.4, 0.5) is 0 Å². The van der Waals surface area contributed by atoms with Crippen molar-refractivity contribution in [1.82, 2.24) is 0 Å². The van der Waals surface area contributed by atoms with Crippen LogP contribution < -0.4 is 0 Å². The van der Waals surface area contributed by atoms with Crippen molar-refractivity contribution >= 4 is 11.6 Å². The first kappa shape index (κ1) is 10.3. The van der Waals surface area contributed by atoms with E-state index in [9.17, 15) is 0 Å². The Hall–Kier alpha value is -1.27. The molecule has 0 radical (unpaired) electrons. The van der Waals surface area contributed by atoms with Crippen molar-refractivity contribution in [3.8, 4) is 0 Å². The fourth-order valence-electron chi connectivity index (χ4n) is 1.66. The van der Waals surface area contributed by atoms with Gasteiger partial charge in [-0.15, -0.1) is 0 Å². The van der Waals surface area contributed by atoms with Crippen LogP contribution in [0.5, 0.6) is 0 Å². The van der Waals surface area contributed by atoms with E-state index in [0.29, 0.717) is 0 Å².